The normalized spacial score (nSPS) is 15.1. The topological polar surface area (TPSA) is 28.5 Å². The summed E-state index contributed by atoms with van der Waals surface area (Å²) < 4.78 is 43.1. The molecule has 3 nitrogen and oxygen atoms in total. The fourth-order valence-corrected chi connectivity index (χ4v) is 3.79. The van der Waals surface area contributed by atoms with Crippen LogP contribution in [0.3, 0.4) is 0 Å². The third-order valence-corrected chi connectivity index (χ3v) is 5.26. The Labute approximate surface area is 166 Å². The number of terminal acetylenes is 1. The lowest BCUT2D eigenvalue weighted by atomic mass is 9.92. The lowest BCUT2D eigenvalue weighted by Crippen LogP contribution is -2.47. The lowest BCUT2D eigenvalue weighted by molar-refractivity contribution is 0.463. The van der Waals surface area contributed by atoms with Gasteiger partial charge in [-0.1, -0.05) is 18.1 Å². The van der Waals surface area contributed by atoms with E-state index in [4.69, 9.17) is 11.4 Å². The minimum atomic E-state index is -0.976. The average molecular weight is 393 g/mol. The molecule has 0 radical (unpaired) electrons. The second kappa shape index (κ2) is 6.63. The van der Waals surface area contributed by atoms with E-state index in [-0.39, 0.29) is 17.7 Å². The summed E-state index contributed by atoms with van der Waals surface area (Å²) in [5, 5.41) is 0.637. The standard InChI is InChI=1S/C23H18F3N3/c1-5-11-29-22-15(9-10-17(24)19(22)26)20(28-23(29,3)4)16-12-27-21-14(13(16)2)7-6-8-18(21)25/h1,6-10,12H,11H2,2-4H3. The van der Waals surface area contributed by atoms with Crippen LogP contribution in [-0.4, -0.2) is 22.9 Å². The second-order valence-electron chi connectivity index (χ2n) is 7.44. The molecule has 29 heavy (non-hydrogen) atoms. The second-order valence-corrected chi connectivity index (χ2v) is 7.44. The van der Waals surface area contributed by atoms with E-state index in [0.717, 1.165) is 11.6 Å². The molecule has 1 aliphatic rings. The molecule has 0 N–H and O–H groups in total. The van der Waals surface area contributed by atoms with Gasteiger partial charge in [0, 0.05) is 22.7 Å². The molecule has 146 valence electrons. The largest absolute Gasteiger partial charge is 0.333 e. The summed E-state index contributed by atoms with van der Waals surface area (Å²) >= 11 is 0. The summed E-state index contributed by atoms with van der Waals surface area (Å²) in [5.41, 5.74) is 1.66. The van der Waals surface area contributed by atoms with Gasteiger partial charge in [-0.3, -0.25) is 9.98 Å². The molecule has 0 spiro atoms. The first-order chi connectivity index (χ1) is 13.8. The maximum Gasteiger partial charge on any atom is 0.182 e. The maximum atomic E-state index is 14.9. The number of hydrogen-bond donors (Lipinski definition) is 0. The van der Waals surface area contributed by atoms with Crippen molar-refractivity contribution in [3.8, 4) is 12.3 Å². The van der Waals surface area contributed by atoms with Gasteiger partial charge in [0.05, 0.1) is 17.9 Å². The number of hydrogen-bond acceptors (Lipinski definition) is 3. The maximum absolute atomic E-state index is 14.9. The van der Waals surface area contributed by atoms with Gasteiger partial charge in [0.1, 0.15) is 17.0 Å². The number of aliphatic imine (C=N–C) groups is 1. The highest BCUT2D eigenvalue weighted by atomic mass is 19.2. The van der Waals surface area contributed by atoms with Crippen LogP contribution in [0.15, 0.2) is 41.5 Å². The van der Waals surface area contributed by atoms with Gasteiger partial charge < -0.3 is 4.90 Å². The fraction of sp³-hybridized carbons (Fsp3) is 0.217. The fourth-order valence-electron chi connectivity index (χ4n) is 3.79. The van der Waals surface area contributed by atoms with Crippen LogP contribution in [0.4, 0.5) is 18.9 Å². The summed E-state index contributed by atoms with van der Waals surface area (Å²) in [6.07, 6.45) is 7.00. The Hall–Kier alpha value is -3.33. The summed E-state index contributed by atoms with van der Waals surface area (Å²) in [6, 6.07) is 7.29. The quantitative estimate of drug-likeness (QED) is 0.574. The van der Waals surface area contributed by atoms with Crippen LogP contribution in [0, 0.1) is 36.7 Å². The molecule has 0 saturated heterocycles. The first kappa shape index (κ1) is 19.0. The van der Waals surface area contributed by atoms with Crippen molar-refractivity contribution in [2.75, 3.05) is 11.4 Å². The van der Waals surface area contributed by atoms with Crippen molar-refractivity contribution < 1.29 is 13.2 Å². The monoisotopic (exact) mass is 393 g/mol. The third kappa shape index (κ3) is 2.85. The van der Waals surface area contributed by atoms with E-state index >= 15 is 0 Å². The summed E-state index contributed by atoms with van der Waals surface area (Å²) in [4.78, 5) is 10.6. The number of aryl methyl sites for hydroxylation is 1. The molecule has 3 aromatic rings. The lowest BCUT2D eigenvalue weighted by Gasteiger charge is -2.41. The van der Waals surface area contributed by atoms with Gasteiger partial charge in [-0.2, -0.15) is 0 Å². The minimum Gasteiger partial charge on any atom is -0.333 e. The number of para-hydroxylation sites is 1. The van der Waals surface area contributed by atoms with Crippen LogP contribution in [-0.2, 0) is 0 Å². The van der Waals surface area contributed by atoms with Crippen LogP contribution < -0.4 is 4.90 Å². The molecule has 0 atom stereocenters. The highest BCUT2D eigenvalue weighted by Crippen LogP contribution is 2.39. The Bertz CT molecular complexity index is 1220. The minimum absolute atomic E-state index is 0.0664. The molecule has 1 aliphatic heterocycles. The van der Waals surface area contributed by atoms with Crippen LogP contribution in [0.1, 0.15) is 30.5 Å². The number of fused-ring (bicyclic) bond motifs is 2. The zero-order valence-electron chi connectivity index (χ0n) is 16.2. The molecule has 0 saturated carbocycles. The Kier molecular flexibility index (Phi) is 4.34. The Balaban J connectivity index is 2.03. The Morgan fingerprint density at radius 1 is 1.07 bits per heavy atom. The number of aromatic nitrogens is 1. The smallest absolute Gasteiger partial charge is 0.182 e. The van der Waals surface area contributed by atoms with Crippen molar-refractivity contribution in [2.45, 2.75) is 26.4 Å². The predicted octanol–water partition coefficient (Wildman–Crippen LogP) is 4.99. The number of nitrogens with zero attached hydrogens (tertiary/aromatic N) is 3. The van der Waals surface area contributed by atoms with Crippen LogP contribution in [0.2, 0.25) is 0 Å². The highest BCUT2D eigenvalue weighted by molar-refractivity contribution is 6.19. The molecule has 2 heterocycles. The van der Waals surface area contributed by atoms with Crippen LogP contribution in [0.25, 0.3) is 10.9 Å². The summed E-state index contributed by atoms with van der Waals surface area (Å²) in [6.45, 7) is 5.46. The molecular formula is C23H18F3N3. The van der Waals surface area contributed by atoms with Gasteiger partial charge in [0.25, 0.3) is 0 Å². The van der Waals surface area contributed by atoms with Crippen molar-refractivity contribution >= 4 is 22.3 Å². The molecule has 4 rings (SSSR count). The molecular weight excluding hydrogens is 375 g/mol. The van der Waals surface area contributed by atoms with E-state index in [1.165, 1.54) is 18.3 Å². The summed E-state index contributed by atoms with van der Waals surface area (Å²) in [5.74, 6) is 0.135. The average Bonchev–Trinajstić information content (AvgIpc) is 2.67. The molecule has 0 bridgehead atoms. The molecule has 0 unspecified atom stereocenters. The van der Waals surface area contributed by atoms with Gasteiger partial charge >= 0.3 is 0 Å². The summed E-state index contributed by atoms with van der Waals surface area (Å²) in [7, 11) is 0. The zero-order valence-corrected chi connectivity index (χ0v) is 16.2. The van der Waals surface area contributed by atoms with E-state index in [1.807, 2.05) is 6.92 Å². The molecule has 0 aliphatic carbocycles. The van der Waals surface area contributed by atoms with Gasteiger partial charge in [-0.15, -0.1) is 6.42 Å². The molecule has 0 fully saturated rings. The van der Waals surface area contributed by atoms with Crippen molar-refractivity contribution in [3.05, 3.63) is 70.7 Å². The van der Waals surface area contributed by atoms with E-state index in [9.17, 15) is 13.2 Å². The molecule has 2 aromatic carbocycles. The van der Waals surface area contributed by atoms with Gasteiger partial charge in [-0.25, -0.2) is 13.2 Å². The first-order valence-corrected chi connectivity index (χ1v) is 9.10. The third-order valence-electron chi connectivity index (χ3n) is 5.26. The van der Waals surface area contributed by atoms with E-state index < -0.39 is 23.1 Å². The van der Waals surface area contributed by atoms with Crippen LogP contribution in [0.5, 0.6) is 0 Å². The van der Waals surface area contributed by atoms with Crippen molar-refractivity contribution in [1.82, 2.24) is 4.98 Å². The predicted molar refractivity (Wildman–Crippen MR) is 109 cm³/mol. The van der Waals surface area contributed by atoms with E-state index in [0.29, 0.717) is 22.2 Å². The van der Waals surface area contributed by atoms with Crippen molar-refractivity contribution in [3.63, 3.8) is 0 Å². The zero-order chi connectivity index (χ0) is 20.9. The number of rotatable bonds is 2. The van der Waals surface area contributed by atoms with Crippen molar-refractivity contribution in [1.29, 1.82) is 0 Å². The number of anilines is 1. The highest BCUT2D eigenvalue weighted by Gasteiger charge is 2.37. The number of halogens is 3. The van der Waals surface area contributed by atoms with Gasteiger partial charge in [-0.05, 0) is 44.5 Å². The van der Waals surface area contributed by atoms with E-state index in [1.54, 1.807) is 30.9 Å². The van der Waals surface area contributed by atoms with Crippen LogP contribution >= 0.6 is 0 Å². The van der Waals surface area contributed by atoms with Crippen molar-refractivity contribution in [2.24, 2.45) is 4.99 Å². The van der Waals surface area contributed by atoms with Gasteiger partial charge in [0.2, 0.25) is 0 Å². The van der Waals surface area contributed by atoms with Gasteiger partial charge in [0.15, 0.2) is 11.6 Å². The molecule has 1 aromatic heterocycles. The Morgan fingerprint density at radius 2 is 1.83 bits per heavy atom. The molecule has 6 heteroatoms. The SMILES string of the molecule is C#CCN1c2c(ccc(F)c2F)C(c2cnc3c(F)cccc3c2C)=NC1(C)C. The first-order valence-electron chi connectivity index (χ1n) is 9.10. The number of benzene rings is 2. The Morgan fingerprint density at radius 3 is 2.55 bits per heavy atom. The molecule has 0 amide bonds. The van der Waals surface area contributed by atoms with E-state index in [2.05, 4.69) is 10.9 Å². The number of pyridine rings is 1.